The molecule has 1 fully saturated rings. The molecular formula is C18H24N4O2. The Bertz CT molecular complexity index is 700. The summed E-state index contributed by atoms with van der Waals surface area (Å²) < 4.78 is 12.9. The van der Waals surface area contributed by atoms with Crippen LogP contribution in [0, 0.1) is 6.92 Å². The SMILES string of the molecule is Cc1nc(CN2CCN(Cc3ccc4c(c3)OCO4)CC2)cn1C. The summed E-state index contributed by atoms with van der Waals surface area (Å²) in [6, 6.07) is 6.25. The van der Waals surface area contributed by atoms with Crippen LogP contribution in [0.25, 0.3) is 0 Å². The molecule has 4 rings (SSSR count). The summed E-state index contributed by atoms with van der Waals surface area (Å²) in [7, 11) is 2.05. The molecule has 6 nitrogen and oxygen atoms in total. The predicted molar refractivity (Wildman–Crippen MR) is 91.1 cm³/mol. The molecule has 0 radical (unpaired) electrons. The summed E-state index contributed by atoms with van der Waals surface area (Å²) in [5.74, 6) is 2.80. The molecule has 1 saturated heterocycles. The maximum Gasteiger partial charge on any atom is 0.231 e. The van der Waals surface area contributed by atoms with E-state index < -0.39 is 0 Å². The Morgan fingerprint density at radius 2 is 1.71 bits per heavy atom. The van der Waals surface area contributed by atoms with Crippen molar-refractivity contribution in [2.24, 2.45) is 7.05 Å². The summed E-state index contributed by atoms with van der Waals surface area (Å²) in [6.45, 7) is 8.63. The molecule has 0 unspecified atom stereocenters. The van der Waals surface area contributed by atoms with Crippen molar-refractivity contribution in [3.8, 4) is 11.5 Å². The normalized spacial score (nSPS) is 18.2. The predicted octanol–water partition coefficient (Wildman–Crippen LogP) is 1.78. The smallest absolute Gasteiger partial charge is 0.231 e. The van der Waals surface area contributed by atoms with E-state index in [4.69, 9.17) is 9.47 Å². The van der Waals surface area contributed by atoms with Crippen molar-refractivity contribution < 1.29 is 9.47 Å². The Labute approximate surface area is 142 Å². The van der Waals surface area contributed by atoms with Gasteiger partial charge in [0.25, 0.3) is 0 Å². The van der Waals surface area contributed by atoms with Crippen LogP contribution in [0.3, 0.4) is 0 Å². The summed E-state index contributed by atoms with van der Waals surface area (Å²) in [5, 5.41) is 0. The molecule has 2 aliphatic heterocycles. The third-order valence-electron chi connectivity index (χ3n) is 4.85. The van der Waals surface area contributed by atoms with Crippen LogP contribution in [0.4, 0.5) is 0 Å². The van der Waals surface area contributed by atoms with Gasteiger partial charge in [-0.05, 0) is 24.6 Å². The van der Waals surface area contributed by atoms with E-state index in [0.717, 1.165) is 56.6 Å². The van der Waals surface area contributed by atoms with E-state index in [2.05, 4.69) is 44.7 Å². The van der Waals surface area contributed by atoms with Crippen LogP contribution in [-0.4, -0.2) is 52.3 Å². The highest BCUT2D eigenvalue weighted by atomic mass is 16.7. The molecule has 0 saturated carbocycles. The molecule has 2 aromatic rings. The van der Waals surface area contributed by atoms with Gasteiger partial charge in [0, 0.05) is 52.5 Å². The van der Waals surface area contributed by atoms with Crippen molar-refractivity contribution in [2.45, 2.75) is 20.0 Å². The van der Waals surface area contributed by atoms with Crippen LogP contribution in [0.2, 0.25) is 0 Å². The zero-order valence-electron chi connectivity index (χ0n) is 14.4. The molecule has 0 N–H and O–H groups in total. The number of hydrogen-bond acceptors (Lipinski definition) is 5. The van der Waals surface area contributed by atoms with Gasteiger partial charge in [-0.25, -0.2) is 4.98 Å². The maximum atomic E-state index is 5.47. The van der Waals surface area contributed by atoms with E-state index in [-0.39, 0.29) is 0 Å². The van der Waals surface area contributed by atoms with Crippen LogP contribution >= 0.6 is 0 Å². The van der Waals surface area contributed by atoms with Crippen molar-refractivity contribution in [1.29, 1.82) is 0 Å². The largest absolute Gasteiger partial charge is 0.454 e. The lowest BCUT2D eigenvalue weighted by Crippen LogP contribution is -2.45. The zero-order chi connectivity index (χ0) is 16.5. The van der Waals surface area contributed by atoms with E-state index in [1.165, 1.54) is 11.3 Å². The third-order valence-corrected chi connectivity index (χ3v) is 4.85. The molecule has 24 heavy (non-hydrogen) atoms. The first-order chi connectivity index (χ1) is 11.7. The van der Waals surface area contributed by atoms with Gasteiger partial charge in [-0.1, -0.05) is 6.07 Å². The third kappa shape index (κ3) is 3.25. The number of rotatable bonds is 4. The fourth-order valence-corrected chi connectivity index (χ4v) is 3.34. The minimum atomic E-state index is 0.338. The van der Waals surface area contributed by atoms with E-state index >= 15 is 0 Å². The van der Waals surface area contributed by atoms with E-state index in [0.29, 0.717) is 6.79 Å². The monoisotopic (exact) mass is 328 g/mol. The van der Waals surface area contributed by atoms with Gasteiger partial charge in [-0.3, -0.25) is 9.80 Å². The second kappa shape index (κ2) is 6.45. The first-order valence-electron chi connectivity index (χ1n) is 8.49. The number of piperazine rings is 1. The second-order valence-corrected chi connectivity index (χ2v) is 6.63. The number of aromatic nitrogens is 2. The van der Waals surface area contributed by atoms with Gasteiger partial charge in [0.15, 0.2) is 11.5 Å². The highest BCUT2D eigenvalue weighted by molar-refractivity contribution is 5.44. The van der Waals surface area contributed by atoms with E-state index in [1.54, 1.807) is 0 Å². The quantitative estimate of drug-likeness (QED) is 0.856. The van der Waals surface area contributed by atoms with Crippen LogP contribution < -0.4 is 9.47 Å². The van der Waals surface area contributed by atoms with Gasteiger partial charge in [0.1, 0.15) is 5.82 Å². The number of imidazole rings is 1. The summed E-state index contributed by atoms with van der Waals surface area (Å²) in [5.41, 5.74) is 2.45. The molecule has 0 amide bonds. The van der Waals surface area contributed by atoms with Crippen LogP contribution in [-0.2, 0) is 20.1 Å². The molecule has 0 bridgehead atoms. The average molecular weight is 328 g/mol. The lowest BCUT2D eigenvalue weighted by atomic mass is 10.1. The van der Waals surface area contributed by atoms with Gasteiger partial charge < -0.3 is 14.0 Å². The Kier molecular flexibility index (Phi) is 4.16. The van der Waals surface area contributed by atoms with Crippen LogP contribution in [0.15, 0.2) is 24.4 Å². The number of ether oxygens (including phenoxy) is 2. The van der Waals surface area contributed by atoms with Gasteiger partial charge in [-0.15, -0.1) is 0 Å². The molecule has 1 aromatic carbocycles. The number of hydrogen-bond donors (Lipinski definition) is 0. The first kappa shape index (κ1) is 15.5. The molecule has 0 atom stereocenters. The number of fused-ring (bicyclic) bond motifs is 1. The molecule has 6 heteroatoms. The second-order valence-electron chi connectivity index (χ2n) is 6.63. The molecule has 0 aliphatic carbocycles. The van der Waals surface area contributed by atoms with Crippen molar-refractivity contribution in [1.82, 2.24) is 19.4 Å². The minimum absolute atomic E-state index is 0.338. The Hall–Kier alpha value is -2.05. The maximum absolute atomic E-state index is 5.47. The van der Waals surface area contributed by atoms with Gasteiger partial charge in [0.05, 0.1) is 5.69 Å². The summed E-state index contributed by atoms with van der Waals surface area (Å²) in [4.78, 5) is 9.59. The molecule has 3 heterocycles. The van der Waals surface area contributed by atoms with Crippen LogP contribution in [0.1, 0.15) is 17.1 Å². The van der Waals surface area contributed by atoms with Gasteiger partial charge in [-0.2, -0.15) is 0 Å². The van der Waals surface area contributed by atoms with Crippen molar-refractivity contribution >= 4 is 0 Å². The highest BCUT2D eigenvalue weighted by Gasteiger charge is 2.19. The van der Waals surface area contributed by atoms with E-state index in [1.807, 2.05) is 13.0 Å². The molecule has 2 aliphatic rings. The zero-order valence-corrected chi connectivity index (χ0v) is 14.4. The summed E-state index contributed by atoms with van der Waals surface area (Å²) in [6.07, 6.45) is 2.13. The Balaban J connectivity index is 1.30. The van der Waals surface area contributed by atoms with Gasteiger partial charge in [0.2, 0.25) is 6.79 Å². The summed E-state index contributed by atoms with van der Waals surface area (Å²) >= 11 is 0. The topological polar surface area (TPSA) is 42.8 Å². The van der Waals surface area contributed by atoms with E-state index in [9.17, 15) is 0 Å². The lowest BCUT2D eigenvalue weighted by Gasteiger charge is -2.34. The molecule has 128 valence electrons. The number of nitrogens with zero attached hydrogens (tertiary/aromatic N) is 4. The van der Waals surface area contributed by atoms with Crippen molar-refractivity contribution in [2.75, 3.05) is 33.0 Å². The van der Waals surface area contributed by atoms with Crippen molar-refractivity contribution in [3.05, 3.63) is 41.5 Å². The first-order valence-corrected chi connectivity index (χ1v) is 8.49. The minimum Gasteiger partial charge on any atom is -0.454 e. The number of aryl methyl sites for hydroxylation is 2. The fraction of sp³-hybridized carbons (Fsp3) is 0.500. The molecular weight excluding hydrogens is 304 g/mol. The Morgan fingerprint density at radius 1 is 1.00 bits per heavy atom. The van der Waals surface area contributed by atoms with Crippen LogP contribution in [0.5, 0.6) is 11.5 Å². The van der Waals surface area contributed by atoms with Gasteiger partial charge >= 0.3 is 0 Å². The standard InChI is InChI=1S/C18H24N4O2/c1-14-19-16(11-20(14)2)12-22-7-5-21(6-8-22)10-15-3-4-17-18(9-15)24-13-23-17/h3-4,9,11H,5-8,10,12-13H2,1-2H3. The Morgan fingerprint density at radius 3 is 2.42 bits per heavy atom. The average Bonchev–Trinajstić information content (AvgIpc) is 3.15. The van der Waals surface area contributed by atoms with Crippen molar-refractivity contribution in [3.63, 3.8) is 0 Å². The highest BCUT2D eigenvalue weighted by Crippen LogP contribution is 2.32. The fourth-order valence-electron chi connectivity index (χ4n) is 3.34. The lowest BCUT2D eigenvalue weighted by molar-refractivity contribution is 0.121. The molecule has 1 aromatic heterocycles. The molecule has 0 spiro atoms. The number of benzene rings is 1.